The second-order valence-electron chi connectivity index (χ2n) is 7.70. The molecule has 5 heteroatoms. The van der Waals surface area contributed by atoms with Crippen LogP contribution in [-0.4, -0.2) is 28.1 Å². The van der Waals surface area contributed by atoms with Crippen molar-refractivity contribution in [2.75, 3.05) is 0 Å². The van der Waals surface area contributed by atoms with Crippen LogP contribution in [0.4, 0.5) is 0 Å². The second kappa shape index (κ2) is 19.6. The smallest absolute Gasteiger partial charge is 0.238 e. The van der Waals surface area contributed by atoms with Crippen LogP contribution in [0, 0.1) is 10.1 Å². The van der Waals surface area contributed by atoms with Gasteiger partial charge in [0, 0.05) is 11.3 Å². The summed E-state index contributed by atoms with van der Waals surface area (Å²) in [4.78, 5) is 20.9. The molecule has 0 aromatic heterocycles. The SMILES string of the molecule is CCCCCCC(O)C(CCCCCCCCCCCCC=C=O)[N+](=O)[O-]. The summed E-state index contributed by atoms with van der Waals surface area (Å²) in [5, 5.41) is 21.3. The van der Waals surface area contributed by atoms with Gasteiger partial charge in [-0.25, -0.2) is 4.79 Å². The molecule has 0 radical (unpaired) electrons. The number of nitrogens with zero attached hydrogens (tertiary/aromatic N) is 1. The van der Waals surface area contributed by atoms with Gasteiger partial charge in [-0.3, -0.25) is 10.1 Å². The van der Waals surface area contributed by atoms with E-state index in [1.807, 2.05) is 5.94 Å². The van der Waals surface area contributed by atoms with Crippen molar-refractivity contribution in [2.24, 2.45) is 0 Å². The topological polar surface area (TPSA) is 80.4 Å². The van der Waals surface area contributed by atoms with Crippen LogP contribution in [0.2, 0.25) is 0 Å². The summed E-state index contributed by atoms with van der Waals surface area (Å²) in [5.41, 5.74) is 0. The van der Waals surface area contributed by atoms with E-state index in [4.69, 9.17) is 0 Å². The summed E-state index contributed by atoms with van der Waals surface area (Å²) in [6, 6.07) is -0.791. The first-order chi connectivity index (χ1) is 13.1. The van der Waals surface area contributed by atoms with Crippen LogP contribution in [0.15, 0.2) is 6.08 Å². The van der Waals surface area contributed by atoms with E-state index in [1.165, 1.54) is 38.5 Å². The van der Waals surface area contributed by atoms with Crippen molar-refractivity contribution in [2.45, 2.75) is 128 Å². The fourth-order valence-corrected chi connectivity index (χ4v) is 3.48. The standard InChI is InChI=1S/C22H41NO4/c1-2-3-4-16-19-22(25)21(23(26)27)18-15-13-11-9-7-5-6-8-10-12-14-17-20-24/h17,21-22,25H,2-16,18-19H2,1H3. The summed E-state index contributed by atoms with van der Waals surface area (Å²) in [6.45, 7) is 2.13. The van der Waals surface area contributed by atoms with Gasteiger partial charge in [-0.2, -0.15) is 0 Å². The third-order valence-corrected chi connectivity index (χ3v) is 5.25. The Hall–Kier alpha value is -1.19. The molecule has 0 saturated carbocycles. The quantitative estimate of drug-likeness (QED) is 0.120. The number of nitro groups is 1. The molecule has 2 unspecified atom stereocenters. The van der Waals surface area contributed by atoms with E-state index in [2.05, 4.69) is 6.92 Å². The number of aliphatic hydroxyl groups excluding tert-OH is 1. The van der Waals surface area contributed by atoms with Crippen molar-refractivity contribution in [3.8, 4) is 0 Å². The average molecular weight is 384 g/mol. The normalized spacial score (nSPS) is 13.1. The highest BCUT2D eigenvalue weighted by molar-refractivity contribution is 5.44. The minimum absolute atomic E-state index is 0.282. The Labute approximate surface area is 165 Å². The fourth-order valence-electron chi connectivity index (χ4n) is 3.48. The van der Waals surface area contributed by atoms with Crippen molar-refractivity contribution >= 4 is 5.94 Å². The molecule has 0 aromatic carbocycles. The fraction of sp³-hybridized carbons (Fsp3) is 0.909. The molecule has 0 aliphatic rings. The highest BCUT2D eigenvalue weighted by Gasteiger charge is 2.28. The van der Waals surface area contributed by atoms with Crippen molar-refractivity contribution in [1.82, 2.24) is 0 Å². The van der Waals surface area contributed by atoms with Crippen LogP contribution in [0.25, 0.3) is 0 Å². The number of hydrogen-bond donors (Lipinski definition) is 1. The van der Waals surface area contributed by atoms with Gasteiger partial charge in [0.1, 0.15) is 12.0 Å². The van der Waals surface area contributed by atoms with E-state index >= 15 is 0 Å². The Balaban J connectivity index is 3.58. The second-order valence-corrected chi connectivity index (χ2v) is 7.70. The van der Waals surface area contributed by atoms with Crippen LogP contribution >= 0.6 is 0 Å². The predicted octanol–water partition coefficient (Wildman–Crippen LogP) is 6.03. The molecule has 158 valence electrons. The Kier molecular flexibility index (Phi) is 18.7. The lowest BCUT2D eigenvalue weighted by atomic mass is 9.98. The molecule has 0 aliphatic heterocycles. The van der Waals surface area contributed by atoms with Gasteiger partial charge < -0.3 is 5.11 Å². The van der Waals surface area contributed by atoms with Gasteiger partial charge in [-0.1, -0.05) is 84.0 Å². The first-order valence-electron chi connectivity index (χ1n) is 11.1. The number of hydrogen-bond acceptors (Lipinski definition) is 4. The molecule has 27 heavy (non-hydrogen) atoms. The van der Waals surface area contributed by atoms with Crippen LogP contribution in [0.1, 0.15) is 116 Å². The number of carbonyl (C=O) groups excluding carboxylic acids is 1. The zero-order chi connectivity index (χ0) is 20.2. The first kappa shape index (κ1) is 25.8. The predicted molar refractivity (Wildman–Crippen MR) is 111 cm³/mol. The lowest BCUT2D eigenvalue weighted by Gasteiger charge is -2.16. The Bertz CT molecular complexity index is 394. The molecule has 1 N–H and O–H groups in total. The minimum atomic E-state index is -0.793. The molecule has 0 saturated heterocycles. The van der Waals surface area contributed by atoms with E-state index in [0.29, 0.717) is 12.8 Å². The van der Waals surface area contributed by atoms with Gasteiger partial charge in [-0.05, 0) is 31.8 Å². The van der Waals surface area contributed by atoms with Gasteiger partial charge >= 0.3 is 0 Å². The van der Waals surface area contributed by atoms with Gasteiger partial charge in [0.25, 0.3) is 0 Å². The van der Waals surface area contributed by atoms with Crippen molar-refractivity contribution in [3.63, 3.8) is 0 Å². The summed E-state index contributed by atoms with van der Waals surface area (Å²) in [7, 11) is 0. The molecule has 0 aromatic rings. The molecule has 2 atom stereocenters. The monoisotopic (exact) mass is 383 g/mol. The summed E-state index contributed by atoms with van der Waals surface area (Å²) in [5.74, 6) is 1.81. The zero-order valence-corrected chi connectivity index (χ0v) is 17.4. The highest BCUT2D eigenvalue weighted by Crippen LogP contribution is 2.17. The van der Waals surface area contributed by atoms with E-state index in [1.54, 1.807) is 6.08 Å². The molecular weight excluding hydrogens is 342 g/mol. The molecule has 5 nitrogen and oxygen atoms in total. The zero-order valence-electron chi connectivity index (χ0n) is 17.4. The maximum Gasteiger partial charge on any atom is 0.238 e. The van der Waals surface area contributed by atoms with Crippen LogP contribution in [0.3, 0.4) is 0 Å². The van der Waals surface area contributed by atoms with Gasteiger partial charge in [-0.15, -0.1) is 0 Å². The van der Waals surface area contributed by atoms with E-state index in [0.717, 1.165) is 57.8 Å². The van der Waals surface area contributed by atoms with E-state index in [-0.39, 0.29) is 4.92 Å². The summed E-state index contributed by atoms with van der Waals surface area (Å²) >= 11 is 0. The lowest BCUT2D eigenvalue weighted by Crippen LogP contribution is -2.33. The maximum atomic E-state index is 11.2. The molecule has 0 aliphatic carbocycles. The molecule has 0 fully saturated rings. The average Bonchev–Trinajstić information content (AvgIpc) is 2.65. The largest absolute Gasteiger partial charge is 0.386 e. The molecular formula is C22H41NO4. The number of aliphatic hydroxyl groups is 1. The van der Waals surface area contributed by atoms with Gasteiger partial charge in [0.2, 0.25) is 6.04 Å². The Morgan fingerprint density at radius 2 is 1.33 bits per heavy atom. The maximum absolute atomic E-state index is 11.2. The van der Waals surface area contributed by atoms with Crippen LogP contribution in [0.5, 0.6) is 0 Å². The molecule has 0 rings (SSSR count). The number of unbranched alkanes of at least 4 members (excludes halogenated alkanes) is 13. The number of allylic oxidation sites excluding steroid dienone is 1. The van der Waals surface area contributed by atoms with E-state index in [9.17, 15) is 20.0 Å². The first-order valence-corrected chi connectivity index (χ1v) is 11.1. The van der Waals surface area contributed by atoms with Crippen molar-refractivity contribution in [1.29, 1.82) is 0 Å². The van der Waals surface area contributed by atoms with E-state index < -0.39 is 12.1 Å². The minimum Gasteiger partial charge on any atom is -0.386 e. The highest BCUT2D eigenvalue weighted by atomic mass is 16.6. The van der Waals surface area contributed by atoms with Crippen LogP contribution in [-0.2, 0) is 4.79 Å². The lowest BCUT2D eigenvalue weighted by molar-refractivity contribution is -0.535. The molecule has 0 heterocycles. The third kappa shape index (κ3) is 16.7. The van der Waals surface area contributed by atoms with Crippen molar-refractivity contribution in [3.05, 3.63) is 16.2 Å². The third-order valence-electron chi connectivity index (χ3n) is 5.25. The summed E-state index contributed by atoms with van der Waals surface area (Å²) in [6.07, 6.45) is 18.3. The van der Waals surface area contributed by atoms with Gasteiger partial charge in [0.15, 0.2) is 0 Å². The Morgan fingerprint density at radius 3 is 1.85 bits per heavy atom. The number of rotatable bonds is 20. The Morgan fingerprint density at radius 1 is 0.852 bits per heavy atom. The molecule has 0 amide bonds. The van der Waals surface area contributed by atoms with Crippen molar-refractivity contribution < 1.29 is 14.8 Å². The van der Waals surface area contributed by atoms with Crippen LogP contribution < -0.4 is 0 Å². The van der Waals surface area contributed by atoms with Gasteiger partial charge in [0.05, 0.1) is 0 Å². The molecule has 0 spiro atoms. The molecule has 0 bridgehead atoms. The summed E-state index contributed by atoms with van der Waals surface area (Å²) < 4.78 is 0.